The second-order valence-electron chi connectivity index (χ2n) is 4.91. The Bertz CT molecular complexity index is 666. The summed E-state index contributed by atoms with van der Waals surface area (Å²) in [6.45, 7) is 1.86. The van der Waals surface area contributed by atoms with E-state index in [4.69, 9.17) is 4.74 Å². The van der Waals surface area contributed by atoms with Crippen LogP contribution in [0.15, 0.2) is 48.5 Å². The number of benzene rings is 2. The van der Waals surface area contributed by atoms with Crippen molar-refractivity contribution in [2.75, 3.05) is 17.7 Å². The van der Waals surface area contributed by atoms with Crippen LogP contribution in [-0.4, -0.2) is 19.0 Å². The van der Waals surface area contributed by atoms with E-state index >= 15 is 0 Å². The maximum atomic E-state index is 11.9. The summed E-state index contributed by atoms with van der Waals surface area (Å²) in [4.78, 5) is 22.8. The largest absolute Gasteiger partial charge is 0.497 e. The average molecular weight is 313 g/mol. The SMILES string of the molecule is COc1ccc(CNC(=O)Nc2ccc(NC(C)=O)cc2)cc1. The van der Waals surface area contributed by atoms with Gasteiger partial charge in [0.25, 0.3) is 0 Å². The van der Waals surface area contributed by atoms with Crippen LogP contribution in [0.25, 0.3) is 0 Å². The molecule has 2 rings (SSSR count). The van der Waals surface area contributed by atoms with Crippen LogP contribution in [-0.2, 0) is 11.3 Å². The zero-order chi connectivity index (χ0) is 16.7. The quantitative estimate of drug-likeness (QED) is 0.794. The average Bonchev–Trinajstić information content (AvgIpc) is 2.55. The van der Waals surface area contributed by atoms with Crippen LogP contribution in [0.1, 0.15) is 12.5 Å². The highest BCUT2D eigenvalue weighted by Gasteiger charge is 2.03. The van der Waals surface area contributed by atoms with Gasteiger partial charge in [0.15, 0.2) is 0 Å². The fourth-order valence-corrected chi connectivity index (χ4v) is 1.94. The molecule has 0 aliphatic rings. The molecule has 0 spiro atoms. The maximum absolute atomic E-state index is 11.9. The van der Waals surface area contributed by atoms with Crippen LogP contribution in [0.4, 0.5) is 16.2 Å². The monoisotopic (exact) mass is 313 g/mol. The highest BCUT2D eigenvalue weighted by molar-refractivity contribution is 5.91. The number of ether oxygens (including phenoxy) is 1. The van der Waals surface area contributed by atoms with Gasteiger partial charge in [0.1, 0.15) is 5.75 Å². The molecule has 0 fully saturated rings. The fraction of sp³-hybridized carbons (Fsp3) is 0.176. The molecule has 0 saturated heterocycles. The minimum atomic E-state index is -0.298. The Balaban J connectivity index is 1.82. The summed E-state index contributed by atoms with van der Waals surface area (Å²) in [7, 11) is 1.61. The number of carbonyl (C=O) groups is 2. The van der Waals surface area contributed by atoms with E-state index in [-0.39, 0.29) is 11.9 Å². The van der Waals surface area contributed by atoms with Gasteiger partial charge in [0.2, 0.25) is 5.91 Å². The van der Waals surface area contributed by atoms with Crippen LogP contribution in [0, 0.1) is 0 Å². The first kappa shape index (κ1) is 16.4. The van der Waals surface area contributed by atoms with Gasteiger partial charge in [0.05, 0.1) is 7.11 Å². The molecular formula is C17H19N3O3. The Morgan fingerprint density at radius 3 is 2.00 bits per heavy atom. The van der Waals surface area contributed by atoms with Gasteiger partial charge in [-0.05, 0) is 42.0 Å². The van der Waals surface area contributed by atoms with Gasteiger partial charge >= 0.3 is 6.03 Å². The molecule has 2 aromatic carbocycles. The van der Waals surface area contributed by atoms with Crippen molar-refractivity contribution in [3.63, 3.8) is 0 Å². The molecule has 0 aliphatic carbocycles. The number of amides is 3. The van der Waals surface area contributed by atoms with Crippen molar-refractivity contribution in [2.45, 2.75) is 13.5 Å². The van der Waals surface area contributed by atoms with Crippen molar-refractivity contribution < 1.29 is 14.3 Å². The molecule has 0 heterocycles. The molecule has 2 aromatic rings. The molecule has 3 N–H and O–H groups in total. The van der Waals surface area contributed by atoms with E-state index in [0.29, 0.717) is 17.9 Å². The first-order valence-corrected chi connectivity index (χ1v) is 7.12. The number of methoxy groups -OCH3 is 1. The molecule has 23 heavy (non-hydrogen) atoms. The van der Waals surface area contributed by atoms with Crippen molar-refractivity contribution in [1.29, 1.82) is 0 Å². The van der Waals surface area contributed by atoms with Crippen molar-refractivity contribution in [2.24, 2.45) is 0 Å². The molecule has 0 aromatic heterocycles. The van der Waals surface area contributed by atoms with Gasteiger partial charge in [-0.3, -0.25) is 4.79 Å². The first-order chi connectivity index (χ1) is 11.1. The lowest BCUT2D eigenvalue weighted by Gasteiger charge is -2.09. The highest BCUT2D eigenvalue weighted by Crippen LogP contribution is 2.14. The molecule has 6 nitrogen and oxygen atoms in total. The first-order valence-electron chi connectivity index (χ1n) is 7.12. The van der Waals surface area contributed by atoms with Crippen LogP contribution in [0.3, 0.4) is 0 Å². The Kier molecular flexibility index (Phi) is 5.57. The fourth-order valence-electron chi connectivity index (χ4n) is 1.94. The van der Waals surface area contributed by atoms with E-state index < -0.39 is 0 Å². The summed E-state index contributed by atoms with van der Waals surface area (Å²) in [5, 5.41) is 8.16. The topological polar surface area (TPSA) is 79.5 Å². The number of hydrogen-bond acceptors (Lipinski definition) is 3. The predicted octanol–water partition coefficient (Wildman–Crippen LogP) is 2.98. The van der Waals surface area contributed by atoms with Gasteiger partial charge in [0, 0.05) is 24.8 Å². The van der Waals surface area contributed by atoms with Crippen molar-refractivity contribution in [3.05, 3.63) is 54.1 Å². The molecule has 0 radical (unpaired) electrons. The summed E-state index contributed by atoms with van der Waals surface area (Å²) in [6.07, 6.45) is 0. The number of urea groups is 1. The molecule has 0 bridgehead atoms. The van der Waals surface area contributed by atoms with E-state index in [2.05, 4.69) is 16.0 Å². The van der Waals surface area contributed by atoms with Gasteiger partial charge < -0.3 is 20.7 Å². The Morgan fingerprint density at radius 1 is 0.913 bits per heavy atom. The number of rotatable bonds is 5. The Labute approximate surface area is 134 Å². The molecule has 3 amide bonds. The maximum Gasteiger partial charge on any atom is 0.319 e. The second kappa shape index (κ2) is 7.84. The van der Waals surface area contributed by atoms with Gasteiger partial charge in [-0.25, -0.2) is 4.79 Å². The van der Waals surface area contributed by atoms with Crippen LogP contribution in [0.2, 0.25) is 0 Å². The Morgan fingerprint density at radius 2 is 1.48 bits per heavy atom. The number of hydrogen-bond donors (Lipinski definition) is 3. The van der Waals surface area contributed by atoms with Crippen LogP contribution >= 0.6 is 0 Å². The lowest BCUT2D eigenvalue weighted by molar-refractivity contribution is -0.114. The van der Waals surface area contributed by atoms with Crippen LogP contribution < -0.4 is 20.7 Å². The van der Waals surface area contributed by atoms with E-state index in [1.807, 2.05) is 24.3 Å². The highest BCUT2D eigenvalue weighted by atomic mass is 16.5. The lowest BCUT2D eigenvalue weighted by atomic mass is 10.2. The summed E-state index contributed by atoms with van der Waals surface area (Å²) in [6, 6.07) is 14.1. The molecule has 6 heteroatoms. The summed E-state index contributed by atoms with van der Waals surface area (Å²) in [5.74, 6) is 0.639. The predicted molar refractivity (Wildman–Crippen MR) is 89.6 cm³/mol. The molecular weight excluding hydrogens is 294 g/mol. The summed E-state index contributed by atoms with van der Waals surface area (Å²) in [5.41, 5.74) is 2.30. The molecule has 0 aliphatic heterocycles. The summed E-state index contributed by atoms with van der Waals surface area (Å²) < 4.78 is 5.08. The van der Waals surface area contributed by atoms with E-state index in [9.17, 15) is 9.59 Å². The van der Waals surface area contributed by atoms with Crippen molar-refractivity contribution in [3.8, 4) is 5.75 Å². The Hall–Kier alpha value is -3.02. The van der Waals surface area contributed by atoms with E-state index in [0.717, 1.165) is 11.3 Å². The molecule has 0 atom stereocenters. The zero-order valence-electron chi connectivity index (χ0n) is 13.1. The van der Waals surface area contributed by atoms with E-state index in [1.165, 1.54) is 6.92 Å². The van der Waals surface area contributed by atoms with Gasteiger partial charge in [-0.15, -0.1) is 0 Å². The standard InChI is InChI=1S/C17H19N3O3/c1-12(21)19-14-5-7-15(8-6-14)20-17(22)18-11-13-3-9-16(23-2)10-4-13/h3-10H,11H2,1-2H3,(H,19,21)(H2,18,20,22). The minimum absolute atomic E-state index is 0.136. The minimum Gasteiger partial charge on any atom is -0.497 e. The van der Waals surface area contributed by atoms with Crippen molar-refractivity contribution >= 4 is 23.3 Å². The normalized spacial score (nSPS) is 9.83. The van der Waals surface area contributed by atoms with Crippen molar-refractivity contribution in [1.82, 2.24) is 5.32 Å². The lowest BCUT2D eigenvalue weighted by Crippen LogP contribution is -2.28. The van der Waals surface area contributed by atoms with Gasteiger partial charge in [-0.2, -0.15) is 0 Å². The summed E-state index contributed by atoms with van der Waals surface area (Å²) >= 11 is 0. The third-order valence-corrected chi connectivity index (χ3v) is 3.08. The number of nitrogens with one attached hydrogen (secondary N) is 3. The number of carbonyl (C=O) groups excluding carboxylic acids is 2. The number of anilines is 2. The molecule has 0 saturated carbocycles. The second-order valence-corrected chi connectivity index (χ2v) is 4.91. The molecule has 0 unspecified atom stereocenters. The van der Waals surface area contributed by atoms with E-state index in [1.54, 1.807) is 31.4 Å². The smallest absolute Gasteiger partial charge is 0.319 e. The third kappa shape index (κ3) is 5.35. The molecule has 120 valence electrons. The third-order valence-electron chi connectivity index (χ3n) is 3.08. The van der Waals surface area contributed by atoms with Crippen LogP contribution in [0.5, 0.6) is 5.75 Å². The zero-order valence-corrected chi connectivity index (χ0v) is 13.1. The van der Waals surface area contributed by atoms with Gasteiger partial charge in [-0.1, -0.05) is 12.1 Å².